The number of nitrogens with zero attached hydrogens (tertiary/aromatic N) is 2. The molecule has 0 N–H and O–H groups in total. The lowest BCUT2D eigenvalue weighted by atomic mass is 9.83. The number of carbonyl (C=O) groups is 4. The van der Waals surface area contributed by atoms with E-state index < -0.39 is 0 Å². The summed E-state index contributed by atoms with van der Waals surface area (Å²) in [6.45, 7) is 12.9. The number of anilines is 2. The van der Waals surface area contributed by atoms with E-state index in [9.17, 15) is 19.2 Å². The third kappa shape index (κ3) is 7.09. The largest absolute Gasteiger partial charge is 0.457 e. The molecule has 0 aliphatic carbocycles. The van der Waals surface area contributed by atoms with E-state index in [2.05, 4.69) is 65.8 Å². The lowest BCUT2D eigenvalue weighted by Crippen LogP contribution is -2.29. The van der Waals surface area contributed by atoms with Gasteiger partial charge in [0.1, 0.15) is 23.0 Å². The van der Waals surface area contributed by atoms with Crippen LogP contribution < -0.4 is 19.3 Å². The first-order chi connectivity index (χ1) is 23.2. The van der Waals surface area contributed by atoms with Gasteiger partial charge >= 0.3 is 0 Å². The summed E-state index contributed by atoms with van der Waals surface area (Å²) in [5, 5.41) is 0. The molecule has 0 saturated carbocycles. The molecule has 0 bridgehead atoms. The minimum absolute atomic E-state index is 0.207. The maximum absolute atomic E-state index is 12.1. The van der Waals surface area contributed by atoms with Gasteiger partial charge in [-0.25, -0.2) is 9.80 Å². The summed E-state index contributed by atoms with van der Waals surface area (Å²) >= 11 is 0. The van der Waals surface area contributed by atoms with Crippen molar-refractivity contribution in [3.63, 3.8) is 0 Å². The topological polar surface area (TPSA) is 93.2 Å². The summed E-state index contributed by atoms with van der Waals surface area (Å²) in [5.41, 5.74) is 4.95. The Morgan fingerprint density at radius 3 is 1.10 bits per heavy atom. The second-order valence-corrected chi connectivity index (χ2v) is 14.2. The van der Waals surface area contributed by atoms with Crippen LogP contribution in [0.25, 0.3) is 0 Å². The average molecular weight is 655 g/mol. The molecule has 49 heavy (non-hydrogen) atoms. The van der Waals surface area contributed by atoms with Crippen molar-refractivity contribution in [1.82, 2.24) is 0 Å². The van der Waals surface area contributed by atoms with Gasteiger partial charge in [-0.05, 0) is 89.0 Å². The van der Waals surface area contributed by atoms with Crippen LogP contribution in [0.4, 0.5) is 11.4 Å². The maximum atomic E-state index is 12.1. The maximum Gasteiger partial charge on any atom is 0.258 e. The van der Waals surface area contributed by atoms with Crippen molar-refractivity contribution in [2.75, 3.05) is 9.80 Å². The second-order valence-electron chi connectivity index (χ2n) is 14.2. The summed E-state index contributed by atoms with van der Waals surface area (Å²) in [6.07, 6.45) is 5.76. The number of carbonyl (C=O) groups excluding carboxylic acids is 4. The Bertz CT molecular complexity index is 1840. The van der Waals surface area contributed by atoms with Gasteiger partial charge in [-0.3, -0.25) is 19.2 Å². The first-order valence-electron chi connectivity index (χ1n) is 16.1. The molecule has 2 heterocycles. The zero-order valence-electron chi connectivity index (χ0n) is 28.4. The number of rotatable bonds is 8. The summed E-state index contributed by atoms with van der Waals surface area (Å²) in [5.74, 6) is 1.23. The Balaban J connectivity index is 1.20. The Kier molecular flexibility index (Phi) is 8.59. The van der Waals surface area contributed by atoms with Crippen molar-refractivity contribution in [2.45, 2.75) is 58.8 Å². The van der Waals surface area contributed by atoms with Crippen molar-refractivity contribution in [3.8, 4) is 23.0 Å². The number of amides is 4. The van der Waals surface area contributed by atoms with Gasteiger partial charge in [-0.1, -0.05) is 65.8 Å². The fourth-order valence-electron chi connectivity index (χ4n) is 5.85. The third-order valence-electron chi connectivity index (χ3n) is 8.38. The number of benzene rings is 4. The Hall–Kier alpha value is -5.76. The molecule has 0 aromatic heterocycles. The van der Waals surface area contributed by atoms with Crippen LogP contribution in [0.1, 0.15) is 63.8 Å². The van der Waals surface area contributed by atoms with E-state index in [1.54, 1.807) is 48.5 Å². The smallest absolute Gasteiger partial charge is 0.258 e. The fraction of sp³-hybridized carbons (Fsp3) is 0.220. The SMILES string of the molecule is CC(C)(C)c1cc(Cc2ccc(Oc3ccc(N4C(=O)C=CC4=O)cc3)c(C(C)(C)C)c2)ccc1Oc1ccc(N2C(=O)C=CC2=O)cc1. The predicted molar refractivity (Wildman–Crippen MR) is 189 cm³/mol. The van der Waals surface area contributed by atoms with E-state index in [1.807, 2.05) is 12.1 Å². The molecule has 0 unspecified atom stereocenters. The predicted octanol–water partition coefficient (Wildman–Crippen LogP) is 8.32. The highest BCUT2D eigenvalue weighted by Gasteiger charge is 2.27. The molecule has 4 amide bonds. The zero-order chi connectivity index (χ0) is 35.1. The Morgan fingerprint density at radius 1 is 0.469 bits per heavy atom. The van der Waals surface area contributed by atoms with Gasteiger partial charge in [0, 0.05) is 35.4 Å². The highest BCUT2D eigenvalue weighted by Crippen LogP contribution is 2.38. The van der Waals surface area contributed by atoms with Crippen LogP contribution in [-0.4, -0.2) is 23.6 Å². The van der Waals surface area contributed by atoms with Crippen LogP contribution in [0.2, 0.25) is 0 Å². The minimum Gasteiger partial charge on any atom is -0.457 e. The Labute approximate surface area is 286 Å². The van der Waals surface area contributed by atoms with Gasteiger partial charge in [0.25, 0.3) is 23.6 Å². The first kappa shape index (κ1) is 33.2. The van der Waals surface area contributed by atoms with Crippen LogP contribution in [0, 0.1) is 0 Å². The molecule has 8 heteroatoms. The van der Waals surface area contributed by atoms with Gasteiger partial charge in [0.15, 0.2) is 0 Å². The van der Waals surface area contributed by atoms with E-state index in [0.29, 0.717) is 29.3 Å². The molecule has 2 aliphatic heterocycles. The Morgan fingerprint density at radius 2 is 0.796 bits per heavy atom. The highest BCUT2D eigenvalue weighted by molar-refractivity contribution is 6.28. The van der Waals surface area contributed by atoms with Crippen molar-refractivity contribution < 1.29 is 28.7 Å². The van der Waals surface area contributed by atoms with Crippen LogP contribution in [0.5, 0.6) is 23.0 Å². The highest BCUT2D eigenvalue weighted by atomic mass is 16.5. The fourth-order valence-corrected chi connectivity index (χ4v) is 5.85. The van der Waals surface area contributed by atoms with Crippen LogP contribution in [0.15, 0.2) is 109 Å². The molecular formula is C41H38N2O6. The molecule has 0 radical (unpaired) electrons. The standard InChI is InChI=1S/C41H38N2O6/c1-40(2,3)32-24-26(7-17-34(32)48-30-13-9-28(10-14-30)42-36(44)19-20-37(42)45)23-27-8-18-35(33(25-27)41(4,5)6)49-31-15-11-29(12-16-31)43-38(46)21-22-39(43)47/h7-22,24-25H,23H2,1-6H3. The van der Waals surface area contributed by atoms with E-state index in [4.69, 9.17) is 9.47 Å². The number of hydrogen-bond acceptors (Lipinski definition) is 6. The second kappa shape index (κ2) is 12.7. The van der Waals surface area contributed by atoms with Crippen LogP contribution in [-0.2, 0) is 36.4 Å². The molecule has 4 aromatic rings. The average Bonchev–Trinajstić information content (AvgIpc) is 3.57. The van der Waals surface area contributed by atoms with Gasteiger partial charge in [0.05, 0.1) is 11.4 Å². The molecular weight excluding hydrogens is 616 g/mol. The molecule has 2 aliphatic rings. The van der Waals surface area contributed by atoms with Crippen molar-refractivity contribution in [3.05, 3.63) is 131 Å². The number of imide groups is 2. The molecule has 0 atom stereocenters. The van der Waals surface area contributed by atoms with Crippen molar-refractivity contribution in [2.24, 2.45) is 0 Å². The molecule has 8 nitrogen and oxygen atoms in total. The van der Waals surface area contributed by atoms with Crippen LogP contribution in [0.3, 0.4) is 0 Å². The quantitative estimate of drug-likeness (QED) is 0.178. The first-order valence-corrected chi connectivity index (χ1v) is 16.1. The van der Waals surface area contributed by atoms with E-state index in [1.165, 1.54) is 24.3 Å². The van der Waals surface area contributed by atoms with Crippen molar-refractivity contribution >= 4 is 35.0 Å². The van der Waals surface area contributed by atoms with Gasteiger partial charge in [0.2, 0.25) is 0 Å². The normalized spacial score (nSPS) is 14.7. The van der Waals surface area contributed by atoms with Crippen molar-refractivity contribution in [1.29, 1.82) is 0 Å². The molecule has 248 valence electrons. The summed E-state index contributed by atoms with van der Waals surface area (Å²) in [7, 11) is 0. The van der Waals surface area contributed by atoms with Gasteiger partial charge < -0.3 is 9.47 Å². The van der Waals surface area contributed by atoms with Crippen LogP contribution >= 0.6 is 0 Å². The minimum atomic E-state index is -0.360. The lowest BCUT2D eigenvalue weighted by molar-refractivity contribution is -0.121. The van der Waals surface area contributed by atoms with E-state index >= 15 is 0 Å². The number of hydrogen-bond donors (Lipinski definition) is 0. The molecule has 6 rings (SSSR count). The molecule has 0 fully saturated rings. The number of ether oxygens (including phenoxy) is 2. The summed E-state index contributed by atoms with van der Waals surface area (Å²) in [4.78, 5) is 50.5. The van der Waals surface area contributed by atoms with Gasteiger partial charge in [-0.2, -0.15) is 0 Å². The molecule has 0 saturated heterocycles. The monoisotopic (exact) mass is 654 g/mol. The molecule has 4 aromatic carbocycles. The summed E-state index contributed by atoms with van der Waals surface area (Å²) < 4.78 is 12.7. The zero-order valence-corrected chi connectivity index (χ0v) is 28.4. The summed E-state index contributed by atoms with van der Waals surface area (Å²) in [6, 6.07) is 26.3. The third-order valence-corrected chi connectivity index (χ3v) is 8.38. The van der Waals surface area contributed by atoms with Gasteiger partial charge in [-0.15, -0.1) is 0 Å². The van der Waals surface area contributed by atoms with E-state index in [-0.39, 0.29) is 34.5 Å². The van der Waals surface area contributed by atoms with E-state index in [0.717, 1.165) is 43.6 Å². The lowest BCUT2D eigenvalue weighted by Gasteiger charge is -2.25. The molecule has 0 spiro atoms.